The average molecular weight is 508 g/mol. The highest BCUT2D eigenvalue weighted by Gasteiger charge is 2.11. The fraction of sp³-hybridized carbons (Fsp3) is 0.111. The topological polar surface area (TPSA) is 65.4 Å². The van der Waals surface area contributed by atoms with Crippen LogP contribution in [0.15, 0.2) is 85.1 Å². The molecule has 0 saturated heterocycles. The van der Waals surface area contributed by atoms with Gasteiger partial charge in [-0.1, -0.05) is 65.7 Å². The summed E-state index contributed by atoms with van der Waals surface area (Å²) in [4.78, 5) is 12.5. The van der Waals surface area contributed by atoms with Crippen LogP contribution < -0.4 is 14.8 Å². The van der Waals surface area contributed by atoms with Crippen LogP contribution >= 0.6 is 23.2 Å². The summed E-state index contributed by atoms with van der Waals surface area (Å²) in [5, 5.41) is 8.05. The van der Waals surface area contributed by atoms with E-state index in [1.165, 1.54) is 6.08 Å². The molecule has 0 spiro atoms. The minimum absolute atomic E-state index is 0.278. The molecule has 178 valence electrons. The predicted molar refractivity (Wildman–Crippen MR) is 139 cm³/mol. The highest BCUT2D eigenvalue weighted by Crippen LogP contribution is 2.24. The Morgan fingerprint density at radius 1 is 1.00 bits per heavy atom. The molecule has 0 atom stereocenters. The van der Waals surface area contributed by atoms with Crippen LogP contribution in [0.3, 0.4) is 0 Å². The van der Waals surface area contributed by atoms with E-state index in [9.17, 15) is 4.79 Å². The van der Waals surface area contributed by atoms with Crippen LogP contribution in [0, 0.1) is 0 Å². The normalized spacial score (nSPS) is 10.9. The first-order valence-corrected chi connectivity index (χ1v) is 11.6. The predicted octanol–water partition coefficient (Wildman–Crippen LogP) is 6.48. The number of carbonyl (C=O) groups excluding carboxylic acids is 1. The van der Waals surface area contributed by atoms with Crippen molar-refractivity contribution in [2.24, 2.45) is 0 Å². The number of hydrogen-bond acceptors (Lipinski definition) is 4. The number of halogens is 2. The summed E-state index contributed by atoms with van der Waals surface area (Å²) in [6.07, 6.45) is 4.77. The summed E-state index contributed by atoms with van der Waals surface area (Å²) in [5.74, 6) is 1.40. The van der Waals surface area contributed by atoms with Gasteiger partial charge in [0.2, 0.25) is 5.91 Å². The Balaban J connectivity index is 1.40. The van der Waals surface area contributed by atoms with Crippen molar-refractivity contribution in [1.29, 1.82) is 0 Å². The number of methoxy groups -OCH3 is 1. The molecule has 3 aromatic carbocycles. The third kappa shape index (κ3) is 6.66. The minimum atomic E-state index is -0.354. The second-order valence-electron chi connectivity index (χ2n) is 7.61. The number of nitrogens with zero attached hydrogens (tertiary/aromatic N) is 2. The zero-order valence-electron chi connectivity index (χ0n) is 18.9. The van der Waals surface area contributed by atoms with Gasteiger partial charge in [0, 0.05) is 22.9 Å². The number of nitrogens with one attached hydrogen (secondary N) is 1. The quantitative estimate of drug-likeness (QED) is 0.263. The molecule has 6 nitrogen and oxygen atoms in total. The molecule has 0 aliphatic heterocycles. The molecule has 0 saturated carbocycles. The molecule has 0 bridgehead atoms. The molecule has 4 aromatic rings. The number of rotatable bonds is 9. The van der Waals surface area contributed by atoms with E-state index in [4.69, 9.17) is 32.7 Å². The lowest BCUT2D eigenvalue weighted by Crippen LogP contribution is -2.09. The summed E-state index contributed by atoms with van der Waals surface area (Å²) in [7, 11) is 1.61. The van der Waals surface area contributed by atoms with E-state index in [-0.39, 0.29) is 11.7 Å². The second kappa shape index (κ2) is 11.6. The Bertz CT molecular complexity index is 1340. The van der Waals surface area contributed by atoms with Crippen molar-refractivity contribution in [3.05, 3.63) is 112 Å². The van der Waals surface area contributed by atoms with Gasteiger partial charge >= 0.3 is 0 Å². The summed E-state index contributed by atoms with van der Waals surface area (Å²) in [5.41, 5.74) is 2.58. The van der Waals surface area contributed by atoms with E-state index in [0.717, 1.165) is 22.4 Å². The van der Waals surface area contributed by atoms with E-state index >= 15 is 0 Å². The van der Waals surface area contributed by atoms with Crippen LogP contribution in [0.5, 0.6) is 11.5 Å². The average Bonchev–Trinajstić information content (AvgIpc) is 3.21. The number of hydrogen-bond donors (Lipinski definition) is 1. The fourth-order valence-corrected chi connectivity index (χ4v) is 3.78. The van der Waals surface area contributed by atoms with Crippen molar-refractivity contribution in [3.8, 4) is 11.5 Å². The molecule has 0 aliphatic carbocycles. The first-order valence-electron chi connectivity index (χ1n) is 10.8. The van der Waals surface area contributed by atoms with Crippen molar-refractivity contribution in [2.45, 2.75) is 13.2 Å². The van der Waals surface area contributed by atoms with Crippen LogP contribution in [-0.2, 0) is 17.9 Å². The number of anilines is 1. The third-order valence-corrected chi connectivity index (χ3v) is 5.76. The summed E-state index contributed by atoms with van der Waals surface area (Å²) >= 11 is 12.5. The van der Waals surface area contributed by atoms with Gasteiger partial charge in [-0.05, 0) is 47.5 Å². The molecule has 1 aromatic heterocycles. The Labute approximate surface area is 213 Å². The zero-order valence-corrected chi connectivity index (χ0v) is 20.5. The number of para-hydroxylation sites is 1. The molecular weight excluding hydrogens is 485 g/mol. The smallest absolute Gasteiger partial charge is 0.249 e. The van der Waals surface area contributed by atoms with Gasteiger partial charge in [-0.25, -0.2) is 0 Å². The summed E-state index contributed by atoms with van der Waals surface area (Å²) in [6, 6.07) is 22.6. The van der Waals surface area contributed by atoms with Gasteiger partial charge in [0.05, 0.1) is 13.7 Å². The van der Waals surface area contributed by atoms with Gasteiger partial charge in [-0.3, -0.25) is 9.48 Å². The second-order valence-corrected chi connectivity index (χ2v) is 8.42. The maximum atomic E-state index is 12.5. The largest absolute Gasteiger partial charge is 0.496 e. The Morgan fingerprint density at radius 2 is 1.77 bits per heavy atom. The van der Waals surface area contributed by atoms with Crippen molar-refractivity contribution >= 4 is 41.0 Å². The van der Waals surface area contributed by atoms with Gasteiger partial charge < -0.3 is 14.8 Å². The zero-order chi connectivity index (χ0) is 24.6. The lowest BCUT2D eigenvalue weighted by atomic mass is 10.1. The lowest BCUT2D eigenvalue weighted by Gasteiger charge is -2.11. The van der Waals surface area contributed by atoms with Crippen molar-refractivity contribution in [1.82, 2.24) is 9.78 Å². The van der Waals surface area contributed by atoms with Crippen LogP contribution in [-0.4, -0.2) is 22.8 Å². The molecule has 0 fully saturated rings. The SMILES string of the molecule is COc1ccc(/C=C/C(=O)Nc2nn(Cc3ccccc3Cl)cc2Cl)cc1COc1ccccc1. The van der Waals surface area contributed by atoms with E-state index < -0.39 is 0 Å². The molecule has 4 rings (SSSR count). The molecule has 0 unspecified atom stereocenters. The van der Waals surface area contributed by atoms with E-state index in [1.807, 2.05) is 72.8 Å². The monoisotopic (exact) mass is 507 g/mol. The Kier molecular flexibility index (Phi) is 8.08. The summed E-state index contributed by atoms with van der Waals surface area (Å²) < 4.78 is 12.9. The van der Waals surface area contributed by atoms with Gasteiger partial charge in [-0.2, -0.15) is 5.10 Å². The van der Waals surface area contributed by atoms with Crippen molar-refractivity contribution in [3.63, 3.8) is 0 Å². The van der Waals surface area contributed by atoms with E-state index in [0.29, 0.717) is 28.9 Å². The number of carbonyl (C=O) groups is 1. The molecule has 1 N–H and O–H groups in total. The van der Waals surface area contributed by atoms with Gasteiger partial charge in [0.25, 0.3) is 0 Å². The van der Waals surface area contributed by atoms with Gasteiger partial charge in [-0.15, -0.1) is 0 Å². The molecule has 35 heavy (non-hydrogen) atoms. The first kappa shape index (κ1) is 24.4. The number of aromatic nitrogens is 2. The van der Waals surface area contributed by atoms with Crippen molar-refractivity contribution in [2.75, 3.05) is 12.4 Å². The maximum Gasteiger partial charge on any atom is 0.249 e. The standard InChI is InChI=1S/C27H23Cl2N3O3/c1-34-25-13-11-19(15-21(25)18-35-22-8-3-2-4-9-22)12-14-26(33)30-27-24(29)17-32(31-27)16-20-7-5-6-10-23(20)28/h2-15,17H,16,18H2,1H3,(H,30,31,33)/b14-12+. The van der Waals surface area contributed by atoms with E-state index in [1.54, 1.807) is 24.1 Å². The number of ether oxygens (including phenoxy) is 2. The Hall–Kier alpha value is -3.74. The lowest BCUT2D eigenvalue weighted by molar-refractivity contribution is -0.111. The third-order valence-electron chi connectivity index (χ3n) is 5.12. The van der Waals surface area contributed by atoms with Crippen LogP contribution in [0.4, 0.5) is 5.82 Å². The Morgan fingerprint density at radius 3 is 2.54 bits per heavy atom. The van der Waals surface area contributed by atoms with Crippen molar-refractivity contribution < 1.29 is 14.3 Å². The maximum absolute atomic E-state index is 12.5. The van der Waals surface area contributed by atoms with Crippen LogP contribution in [0.1, 0.15) is 16.7 Å². The van der Waals surface area contributed by atoms with Crippen LogP contribution in [0.25, 0.3) is 6.08 Å². The molecule has 0 radical (unpaired) electrons. The molecule has 8 heteroatoms. The molecular formula is C27H23Cl2N3O3. The highest BCUT2D eigenvalue weighted by molar-refractivity contribution is 6.33. The molecule has 1 amide bonds. The minimum Gasteiger partial charge on any atom is -0.496 e. The fourth-order valence-electron chi connectivity index (χ4n) is 3.39. The number of benzene rings is 3. The molecule has 1 heterocycles. The van der Waals surface area contributed by atoms with Gasteiger partial charge in [0.15, 0.2) is 5.82 Å². The van der Waals surface area contributed by atoms with E-state index in [2.05, 4.69) is 10.4 Å². The number of amides is 1. The van der Waals surface area contributed by atoms with Gasteiger partial charge in [0.1, 0.15) is 23.1 Å². The van der Waals surface area contributed by atoms with Crippen LogP contribution in [0.2, 0.25) is 10.0 Å². The molecule has 0 aliphatic rings. The highest BCUT2D eigenvalue weighted by atomic mass is 35.5. The summed E-state index contributed by atoms with van der Waals surface area (Å²) in [6.45, 7) is 0.768. The first-order chi connectivity index (χ1) is 17.0.